The van der Waals surface area contributed by atoms with Crippen LogP contribution in [0.4, 0.5) is 0 Å². The van der Waals surface area contributed by atoms with E-state index in [1.807, 2.05) is 30.3 Å². The molecule has 1 atom stereocenters. The number of hydrogen-bond acceptors (Lipinski definition) is 4. The average Bonchev–Trinajstić information content (AvgIpc) is 2.97. The second kappa shape index (κ2) is 7.74. The second-order valence-electron chi connectivity index (χ2n) is 7.63. The van der Waals surface area contributed by atoms with Crippen LogP contribution in [-0.4, -0.2) is 63.6 Å². The van der Waals surface area contributed by atoms with Crippen molar-refractivity contribution in [3.05, 3.63) is 35.9 Å². The first-order valence-electron chi connectivity index (χ1n) is 9.24. The third-order valence-corrected chi connectivity index (χ3v) is 7.56. The van der Waals surface area contributed by atoms with E-state index in [1.54, 1.807) is 4.31 Å². The van der Waals surface area contributed by atoms with Gasteiger partial charge in [-0.25, -0.2) is 12.7 Å². The van der Waals surface area contributed by atoms with Gasteiger partial charge in [-0.1, -0.05) is 37.3 Å². The average molecular weight is 367 g/mol. The summed E-state index contributed by atoms with van der Waals surface area (Å²) in [5.41, 5.74) is 1.03. The minimum absolute atomic E-state index is 0.0985. The molecule has 1 aromatic carbocycles. The standard InChI is InChI=1S/C19H30N2O3S/c1-3-20(2)14-18-13-19(16-24-18)9-11-21(12-10-19)25(22,23)15-17-7-5-4-6-8-17/h4-8,18H,3,9-16H2,1-2H3. The lowest BCUT2D eigenvalue weighted by atomic mass is 9.77. The molecule has 2 aliphatic rings. The Labute approximate surface area is 152 Å². The van der Waals surface area contributed by atoms with Crippen LogP contribution in [0.1, 0.15) is 31.7 Å². The van der Waals surface area contributed by atoms with Crippen molar-refractivity contribution >= 4 is 10.0 Å². The Hall–Kier alpha value is -0.950. The van der Waals surface area contributed by atoms with E-state index in [1.165, 1.54) is 0 Å². The fourth-order valence-electron chi connectivity index (χ4n) is 3.95. The number of nitrogens with zero attached hydrogens (tertiary/aromatic N) is 2. The fraction of sp³-hybridized carbons (Fsp3) is 0.684. The van der Waals surface area contributed by atoms with Gasteiger partial charge in [-0.15, -0.1) is 0 Å². The van der Waals surface area contributed by atoms with Gasteiger partial charge in [-0.2, -0.15) is 0 Å². The fourth-order valence-corrected chi connectivity index (χ4v) is 5.49. The Morgan fingerprint density at radius 2 is 1.92 bits per heavy atom. The van der Waals surface area contributed by atoms with E-state index in [4.69, 9.17) is 4.74 Å². The van der Waals surface area contributed by atoms with Gasteiger partial charge >= 0.3 is 0 Å². The summed E-state index contributed by atoms with van der Waals surface area (Å²) < 4.78 is 33.1. The predicted octanol–water partition coefficient (Wildman–Crippen LogP) is 2.34. The largest absolute Gasteiger partial charge is 0.376 e. The molecule has 0 aromatic heterocycles. The van der Waals surface area contributed by atoms with E-state index in [2.05, 4.69) is 18.9 Å². The molecule has 3 rings (SSSR count). The summed E-state index contributed by atoms with van der Waals surface area (Å²) in [5.74, 6) is 0.0985. The number of ether oxygens (including phenoxy) is 1. The van der Waals surface area contributed by atoms with Crippen LogP contribution in [0.15, 0.2) is 30.3 Å². The molecule has 140 valence electrons. The first-order chi connectivity index (χ1) is 11.9. The highest BCUT2D eigenvalue weighted by Gasteiger charge is 2.44. The summed E-state index contributed by atoms with van der Waals surface area (Å²) in [6.07, 6.45) is 3.17. The van der Waals surface area contributed by atoms with Gasteiger partial charge in [-0.3, -0.25) is 0 Å². The lowest BCUT2D eigenvalue weighted by Crippen LogP contribution is -2.44. The number of benzene rings is 1. The van der Waals surface area contributed by atoms with Crippen LogP contribution in [0, 0.1) is 5.41 Å². The van der Waals surface area contributed by atoms with Crippen LogP contribution < -0.4 is 0 Å². The van der Waals surface area contributed by atoms with E-state index in [9.17, 15) is 8.42 Å². The molecule has 1 unspecified atom stereocenters. The van der Waals surface area contributed by atoms with Crippen LogP contribution in [0.5, 0.6) is 0 Å². The molecular formula is C19H30N2O3S. The number of sulfonamides is 1. The third-order valence-electron chi connectivity index (χ3n) is 5.71. The van der Waals surface area contributed by atoms with Crippen LogP contribution in [-0.2, 0) is 20.5 Å². The molecule has 0 aliphatic carbocycles. The lowest BCUT2D eigenvalue weighted by molar-refractivity contribution is 0.0639. The number of likely N-dealkylation sites (N-methyl/N-ethyl adjacent to an activating group) is 1. The van der Waals surface area contributed by atoms with Crippen molar-refractivity contribution < 1.29 is 13.2 Å². The Morgan fingerprint density at radius 1 is 1.24 bits per heavy atom. The minimum Gasteiger partial charge on any atom is -0.376 e. The van der Waals surface area contributed by atoms with Crippen LogP contribution in [0.2, 0.25) is 0 Å². The third kappa shape index (κ3) is 4.61. The molecule has 25 heavy (non-hydrogen) atoms. The van der Waals surface area contributed by atoms with Gasteiger partial charge in [0.05, 0.1) is 18.5 Å². The van der Waals surface area contributed by atoms with Gasteiger partial charge in [0.25, 0.3) is 0 Å². The first kappa shape index (κ1) is 18.8. The minimum atomic E-state index is -3.23. The summed E-state index contributed by atoms with van der Waals surface area (Å²) in [7, 11) is -1.12. The number of piperidine rings is 1. The molecular weight excluding hydrogens is 336 g/mol. The van der Waals surface area contributed by atoms with Crippen LogP contribution in [0.25, 0.3) is 0 Å². The Balaban J connectivity index is 1.55. The van der Waals surface area contributed by atoms with Gasteiger partial charge < -0.3 is 9.64 Å². The van der Waals surface area contributed by atoms with Crippen molar-refractivity contribution in [1.29, 1.82) is 0 Å². The molecule has 0 N–H and O–H groups in total. The Kier molecular flexibility index (Phi) is 5.83. The van der Waals surface area contributed by atoms with Crippen molar-refractivity contribution in [3.8, 4) is 0 Å². The van der Waals surface area contributed by atoms with E-state index < -0.39 is 10.0 Å². The van der Waals surface area contributed by atoms with Gasteiger partial charge in [0.15, 0.2) is 0 Å². The SMILES string of the molecule is CCN(C)CC1CC2(CCN(S(=O)(=O)Cc3ccccc3)CC2)CO1. The molecule has 0 amide bonds. The maximum absolute atomic E-state index is 12.7. The molecule has 2 aliphatic heterocycles. The molecule has 5 nitrogen and oxygen atoms in total. The van der Waals surface area contributed by atoms with Crippen molar-refractivity contribution in [2.75, 3.05) is 39.8 Å². The summed E-state index contributed by atoms with van der Waals surface area (Å²) >= 11 is 0. The highest BCUT2D eigenvalue weighted by molar-refractivity contribution is 7.88. The molecule has 0 radical (unpaired) electrons. The summed E-state index contributed by atoms with van der Waals surface area (Å²) in [6.45, 7) is 6.17. The van der Waals surface area contributed by atoms with Gasteiger partial charge in [0, 0.05) is 19.6 Å². The van der Waals surface area contributed by atoms with Gasteiger partial charge in [0.2, 0.25) is 10.0 Å². The summed E-state index contributed by atoms with van der Waals surface area (Å²) in [6, 6.07) is 9.44. The van der Waals surface area contributed by atoms with Crippen molar-refractivity contribution in [1.82, 2.24) is 9.21 Å². The molecule has 2 heterocycles. The molecule has 0 bridgehead atoms. The first-order valence-corrected chi connectivity index (χ1v) is 10.9. The summed E-state index contributed by atoms with van der Waals surface area (Å²) in [4.78, 5) is 2.28. The predicted molar refractivity (Wildman–Crippen MR) is 99.8 cm³/mol. The zero-order chi connectivity index (χ0) is 17.9. The second-order valence-corrected chi connectivity index (χ2v) is 9.60. The van der Waals surface area contributed by atoms with Gasteiger partial charge in [-0.05, 0) is 43.8 Å². The molecule has 1 aromatic rings. The smallest absolute Gasteiger partial charge is 0.218 e. The zero-order valence-electron chi connectivity index (χ0n) is 15.4. The number of rotatable bonds is 6. The van der Waals surface area contributed by atoms with E-state index in [-0.39, 0.29) is 17.3 Å². The van der Waals surface area contributed by atoms with Gasteiger partial charge in [0.1, 0.15) is 0 Å². The van der Waals surface area contributed by atoms with Crippen molar-refractivity contribution in [3.63, 3.8) is 0 Å². The van der Waals surface area contributed by atoms with E-state index in [0.29, 0.717) is 13.1 Å². The van der Waals surface area contributed by atoms with Crippen LogP contribution >= 0.6 is 0 Å². The maximum Gasteiger partial charge on any atom is 0.218 e. The molecule has 6 heteroatoms. The lowest BCUT2D eigenvalue weighted by Gasteiger charge is -2.37. The monoisotopic (exact) mass is 366 g/mol. The molecule has 0 saturated carbocycles. The quantitative estimate of drug-likeness (QED) is 0.775. The molecule has 2 saturated heterocycles. The molecule has 2 fully saturated rings. The normalized spacial score (nSPS) is 24.2. The zero-order valence-corrected chi connectivity index (χ0v) is 16.2. The van der Waals surface area contributed by atoms with Crippen molar-refractivity contribution in [2.45, 2.75) is 38.0 Å². The Morgan fingerprint density at radius 3 is 2.56 bits per heavy atom. The summed E-state index contributed by atoms with van der Waals surface area (Å²) in [5, 5.41) is 0. The Bertz CT molecular complexity index is 655. The topological polar surface area (TPSA) is 49.9 Å². The van der Waals surface area contributed by atoms with Crippen molar-refractivity contribution in [2.24, 2.45) is 5.41 Å². The van der Waals surface area contributed by atoms with Crippen LogP contribution in [0.3, 0.4) is 0 Å². The van der Waals surface area contributed by atoms with E-state index in [0.717, 1.165) is 44.5 Å². The highest BCUT2D eigenvalue weighted by atomic mass is 32.2. The molecule has 1 spiro atoms. The highest BCUT2D eigenvalue weighted by Crippen LogP contribution is 2.42. The maximum atomic E-state index is 12.7. The van der Waals surface area contributed by atoms with E-state index >= 15 is 0 Å². The number of hydrogen-bond donors (Lipinski definition) is 0.